The van der Waals surface area contributed by atoms with Gasteiger partial charge in [0.15, 0.2) is 5.13 Å². The molecule has 1 fully saturated rings. The molecule has 1 saturated heterocycles. The second kappa shape index (κ2) is 11.8. The third kappa shape index (κ3) is 5.67. The Labute approximate surface area is 235 Å². The minimum absolute atomic E-state index is 0.313. The number of carboxylic acid groups (broad SMARTS) is 1. The van der Waals surface area contributed by atoms with Crippen LogP contribution in [0.2, 0.25) is 0 Å². The molecule has 1 aromatic carbocycles. The first-order valence-electron chi connectivity index (χ1n) is 13.2. The van der Waals surface area contributed by atoms with Gasteiger partial charge in [-0.3, -0.25) is 15.1 Å². The average Bonchev–Trinajstić information content (AvgIpc) is 3.38. The van der Waals surface area contributed by atoms with Crippen LogP contribution in [0.25, 0.3) is 32.6 Å². The Balaban J connectivity index is 1.56. The van der Waals surface area contributed by atoms with Crippen LogP contribution < -0.4 is 20.3 Å². The number of carbonyl (C=O) groups is 2. The van der Waals surface area contributed by atoms with Gasteiger partial charge in [0.05, 0.1) is 34.6 Å². The number of piperidine rings is 1. The summed E-state index contributed by atoms with van der Waals surface area (Å²) in [5.74, 6) is 0.236. The van der Waals surface area contributed by atoms with E-state index < -0.39 is 5.97 Å². The number of carboxylic acids is 1. The molecule has 40 heavy (non-hydrogen) atoms. The molecule has 0 aliphatic carbocycles. The van der Waals surface area contributed by atoms with Gasteiger partial charge in [0.25, 0.3) is 0 Å². The van der Waals surface area contributed by atoms with E-state index in [1.807, 2.05) is 38.2 Å². The minimum Gasteiger partial charge on any atom is -0.497 e. The number of thiazole rings is 1. The van der Waals surface area contributed by atoms with Gasteiger partial charge in [-0.15, -0.1) is 0 Å². The number of amides is 2. The zero-order chi connectivity index (χ0) is 28.2. The Morgan fingerprint density at radius 1 is 1.12 bits per heavy atom. The van der Waals surface area contributed by atoms with Crippen molar-refractivity contribution in [3.63, 3.8) is 0 Å². The van der Waals surface area contributed by atoms with E-state index in [1.165, 1.54) is 11.3 Å². The number of aromatic nitrogens is 4. The summed E-state index contributed by atoms with van der Waals surface area (Å²) in [5, 5.41) is 15.4. The van der Waals surface area contributed by atoms with Crippen molar-refractivity contribution in [3.05, 3.63) is 42.4 Å². The van der Waals surface area contributed by atoms with Crippen molar-refractivity contribution in [3.8, 4) is 28.1 Å². The number of nitrogens with zero attached hydrogens (tertiary/aromatic N) is 5. The maximum atomic E-state index is 12.2. The lowest BCUT2D eigenvalue weighted by atomic mass is 9.97. The van der Waals surface area contributed by atoms with E-state index >= 15 is 0 Å². The Kier molecular flexibility index (Phi) is 8.06. The number of anilines is 2. The molecule has 1 aliphatic heterocycles. The summed E-state index contributed by atoms with van der Waals surface area (Å²) in [5.41, 5.74) is 4.94. The number of hydrogen-bond donors (Lipinski definition) is 3. The highest BCUT2D eigenvalue weighted by molar-refractivity contribution is 7.22. The van der Waals surface area contributed by atoms with Gasteiger partial charge < -0.3 is 20.1 Å². The maximum Gasteiger partial charge on any atom is 0.321 e. The molecule has 4 aromatic rings. The van der Waals surface area contributed by atoms with E-state index in [0.717, 1.165) is 38.3 Å². The molecular formula is C28H31N7O4S. The summed E-state index contributed by atoms with van der Waals surface area (Å²) in [7, 11) is 1.61. The van der Waals surface area contributed by atoms with Crippen molar-refractivity contribution in [1.82, 2.24) is 25.3 Å². The largest absolute Gasteiger partial charge is 0.497 e. The summed E-state index contributed by atoms with van der Waals surface area (Å²) in [4.78, 5) is 44.5. The molecule has 11 nitrogen and oxygen atoms in total. The zero-order valence-electron chi connectivity index (χ0n) is 22.6. The standard InChI is InChI=1S/C28H31N7O4S/c1-4-21-20(15-31-26(32-21)35-10-7-16(8-11-35)25(36)37)17-12-19(22-14-18(39-3)6-9-30-22)24-23(13-17)33-28(40-24)34-27(38)29-5-2/h6,9,12-16H,4-5,7-8,10-11H2,1-3H3,(H,36,37)(H2,29,33,34,38). The average molecular weight is 562 g/mol. The van der Waals surface area contributed by atoms with Gasteiger partial charge >= 0.3 is 12.0 Å². The highest BCUT2D eigenvalue weighted by atomic mass is 32.1. The van der Waals surface area contributed by atoms with Crippen molar-refractivity contribution in [2.75, 3.05) is 37.0 Å². The Bertz CT molecular complexity index is 1550. The van der Waals surface area contributed by atoms with Gasteiger partial charge in [-0.25, -0.2) is 19.7 Å². The number of ether oxygens (including phenoxy) is 1. The normalized spacial score (nSPS) is 13.8. The second-order valence-corrected chi connectivity index (χ2v) is 10.4. The van der Waals surface area contributed by atoms with Gasteiger partial charge in [0, 0.05) is 49.2 Å². The van der Waals surface area contributed by atoms with Gasteiger partial charge in [-0.1, -0.05) is 18.3 Å². The SMILES string of the molecule is CCNC(=O)Nc1nc2cc(-c3cnc(N4CCC(C(=O)O)CC4)nc3CC)cc(-c3cc(OC)ccn3)c2s1. The van der Waals surface area contributed by atoms with Crippen molar-refractivity contribution in [2.24, 2.45) is 5.92 Å². The van der Waals surface area contributed by atoms with E-state index in [-0.39, 0.29) is 11.9 Å². The van der Waals surface area contributed by atoms with Crippen LogP contribution in [0.15, 0.2) is 36.7 Å². The lowest BCUT2D eigenvalue weighted by Crippen LogP contribution is -2.37. The third-order valence-corrected chi connectivity index (χ3v) is 7.94. The fraction of sp³-hybridized carbons (Fsp3) is 0.357. The van der Waals surface area contributed by atoms with E-state index in [2.05, 4.69) is 25.5 Å². The van der Waals surface area contributed by atoms with Crippen molar-refractivity contribution < 1.29 is 19.4 Å². The number of aryl methyl sites for hydroxylation is 1. The van der Waals surface area contributed by atoms with E-state index in [0.29, 0.717) is 55.7 Å². The number of benzene rings is 1. The highest BCUT2D eigenvalue weighted by Crippen LogP contribution is 2.39. The number of rotatable bonds is 8. The molecule has 0 unspecified atom stereocenters. The third-order valence-electron chi connectivity index (χ3n) is 6.92. The minimum atomic E-state index is -0.742. The van der Waals surface area contributed by atoms with Crippen LogP contribution >= 0.6 is 11.3 Å². The molecular weight excluding hydrogens is 530 g/mol. The number of urea groups is 1. The van der Waals surface area contributed by atoms with Gasteiger partial charge in [-0.2, -0.15) is 0 Å². The number of fused-ring (bicyclic) bond motifs is 1. The Hall–Kier alpha value is -4.32. The molecule has 0 radical (unpaired) electrons. The molecule has 4 heterocycles. The molecule has 0 saturated carbocycles. The first kappa shape index (κ1) is 27.3. The summed E-state index contributed by atoms with van der Waals surface area (Å²) < 4.78 is 6.32. The predicted octanol–water partition coefficient (Wildman–Crippen LogP) is 4.83. The fourth-order valence-corrected chi connectivity index (χ4v) is 5.78. The van der Waals surface area contributed by atoms with Crippen LogP contribution in [0.5, 0.6) is 5.75 Å². The number of methoxy groups -OCH3 is 1. The lowest BCUT2D eigenvalue weighted by Gasteiger charge is -2.30. The molecule has 0 spiro atoms. The van der Waals surface area contributed by atoms with Crippen LogP contribution in [0.3, 0.4) is 0 Å². The molecule has 5 rings (SSSR count). The summed E-state index contributed by atoms with van der Waals surface area (Å²) in [6.07, 6.45) is 5.36. The Morgan fingerprint density at radius 2 is 1.93 bits per heavy atom. The van der Waals surface area contributed by atoms with Crippen LogP contribution in [-0.2, 0) is 11.2 Å². The first-order valence-corrected chi connectivity index (χ1v) is 14.1. The van der Waals surface area contributed by atoms with Crippen molar-refractivity contribution >= 4 is 44.6 Å². The first-order chi connectivity index (χ1) is 19.4. The van der Waals surface area contributed by atoms with Crippen LogP contribution in [0.1, 0.15) is 32.4 Å². The monoisotopic (exact) mass is 561 g/mol. The van der Waals surface area contributed by atoms with Crippen LogP contribution in [-0.4, -0.2) is 63.8 Å². The molecule has 0 bridgehead atoms. The summed E-state index contributed by atoms with van der Waals surface area (Å²) >= 11 is 1.38. The van der Waals surface area contributed by atoms with E-state index in [9.17, 15) is 14.7 Å². The predicted molar refractivity (Wildman–Crippen MR) is 155 cm³/mol. The molecule has 3 aromatic heterocycles. The van der Waals surface area contributed by atoms with Gasteiger partial charge in [0.1, 0.15) is 5.75 Å². The number of nitrogens with one attached hydrogen (secondary N) is 2. The molecule has 1 aliphatic rings. The molecule has 2 amide bonds. The molecule has 0 atom stereocenters. The van der Waals surface area contributed by atoms with Crippen molar-refractivity contribution in [2.45, 2.75) is 33.1 Å². The van der Waals surface area contributed by atoms with Crippen LogP contribution in [0, 0.1) is 5.92 Å². The summed E-state index contributed by atoms with van der Waals surface area (Å²) in [6, 6.07) is 7.38. The number of hydrogen-bond acceptors (Lipinski definition) is 9. The Morgan fingerprint density at radius 3 is 2.62 bits per heavy atom. The maximum absolute atomic E-state index is 12.2. The molecule has 3 N–H and O–H groups in total. The smallest absolute Gasteiger partial charge is 0.321 e. The van der Waals surface area contributed by atoms with E-state index in [1.54, 1.807) is 19.4 Å². The molecule has 208 valence electrons. The van der Waals surface area contributed by atoms with Crippen LogP contribution in [0.4, 0.5) is 15.9 Å². The van der Waals surface area contributed by atoms with E-state index in [4.69, 9.17) is 14.7 Å². The fourth-order valence-electron chi connectivity index (χ4n) is 4.82. The van der Waals surface area contributed by atoms with Crippen molar-refractivity contribution in [1.29, 1.82) is 0 Å². The molecule has 12 heteroatoms. The number of aliphatic carboxylic acids is 1. The lowest BCUT2D eigenvalue weighted by molar-refractivity contribution is -0.142. The highest BCUT2D eigenvalue weighted by Gasteiger charge is 2.26. The summed E-state index contributed by atoms with van der Waals surface area (Å²) in [6.45, 7) is 5.63. The number of carbonyl (C=O) groups excluding carboxylic acids is 1. The zero-order valence-corrected chi connectivity index (χ0v) is 23.4. The van der Waals surface area contributed by atoms with Gasteiger partial charge in [0.2, 0.25) is 5.95 Å². The topological polar surface area (TPSA) is 142 Å². The second-order valence-electron chi connectivity index (χ2n) is 9.44. The van der Waals surface area contributed by atoms with Gasteiger partial charge in [-0.05, 0) is 49.9 Å². The number of pyridine rings is 1. The quantitative estimate of drug-likeness (QED) is 0.276.